The Morgan fingerprint density at radius 2 is 2.11 bits per heavy atom. The molecule has 0 unspecified atom stereocenters. The predicted molar refractivity (Wildman–Crippen MR) is 51.1 cm³/mol. The van der Waals surface area contributed by atoms with Crippen LogP contribution in [0, 0.1) is 10.5 Å². The van der Waals surface area contributed by atoms with Crippen LogP contribution >= 0.6 is 35.2 Å². The van der Waals surface area contributed by atoms with Crippen molar-refractivity contribution in [3.63, 3.8) is 0 Å². The van der Waals surface area contributed by atoms with Crippen LogP contribution in [0.5, 0.6) is 0 Å². The molecule has 1 aromatic carbocycles. The van der Waals surface area contributed by atoms with Gasteiger partial charge in [-0.05, 0) is 47.2 Å². The Hall–Kier alpha value is 0.300. The summed E-state index contributed by atoms with van der Waals surface area (Å²) in [6.07, 6.45) is 0. The SMILES string of the molecule is Cc1ccc(I)c(S)c1. The molecule has 0 nitrogen and oxygen atoms in total. The fourth-order valence-electron chi connectivity index (χ4n) is 0.623. The Labute approximate surface area is 74.2 Å². The van der Waals surface area contributed by atoms with E-state index in [-0.39, 0.29) is 0 Å². The molecule has 1 aromatic rings. The van der Waals surface area contributed by atoms with Gasteiger partial charge in [-0.25, -0.2) is 0 Å². The minimum atomic E-state index is 1.07. The molecule has 0 radical (unpaired) electrons. The van der Waals surface area contributed by atoms with Crippen molar-refractivity contribution in [2.24, 2.45) is 0 Å². The summed E-state index contributed by atoms with van der Waals surface area (Å²) < 4.78 is 1.21. The average Bonchev–Trinajstić information content (AvgIpc) is 1.80. The van der Waals surface area contributed by atoms with E-state index in [4.69, 9.17) is 0 Å². The van der Waals surface area contributed by atoms with Crippen molar-refractivity contribution in [2.75, 3.05) is 0 Å². The lowest BCUT2D eigenvalue weighted by atomic mass is 10.2. The largest absolute Gasteiger partial charge is 0.142 e. The molecule has 1 rings (SSSR count). The molecule has 9 heavy (non-hydrogen) atoms. The summed E-state index contributed by atoms with van der Waals surface area (Å²) in [6, 6.07) is 6.21. The molecule has 0 aliphatic carbocycles. The smallest absolute Gasteiger partial charge is 0.0263 e. The van der Waals surface area contributed by atoms with Gasteiger partial charge < -0.3 is 0 Å². The minimum Gasteiger partial charge on any atom is -0.142 e. The first kappa shape index (κ1) is 7.41. The second-order valence-corrected chi connectivity index (χ2v) is 3.60. The van der Waals surface area contributed by atoms with Crippen molar-refractivity contribution in [2.45, 2.75) is 11.8 Å². The van der Waals surface area contributed by atoms with Crippen molar-refractivity contribution >= 4 is 35.2 Å². The monoisotopic (exact) mass is 250 g/mol. The number of thiol groups is 1. The normalized spacial score (nSPS) is 9.67. The molecule has 0 saturated carbocycles. The molecule has 0 atom stereocenters. The topological polar surface area (TPSA) is 0 Å². The Kier molecular flexibility index (Phi) is 2.41. The van der Waals surface area contributed by atoms with Crippen molar-refractivity contribution in [1.29, 1.82) is 0 Å². The van der Waals surface area contributed by atoms with E-state index in [1.54, 1.807) is 0 Å². The molecule has 0 saturated heterocycles. The summed E-state index contributed by atoms with van der Waals surface area (Å²) in [5.41, 5.74) is 1.26. The third-order valence-corrected chi connectivity index (χ3v) is 2.84. The number of aryl methyl sites for hydroxylation is 1. The molecular formula is C7H7IS. The van der Waals surface area contributed by atoms with Gasteiger partial charge in [0.15, 0.2) is 0 Å². The Balaban J connectivity index is 3.17. The van der Waals surface area contributed by atoms with Gasteiger partial charge in [0.05, 0.1) is 0 Å². The maximum absolute atomic E-state index is 4.26. The minimum absolute atomic E-state index is 1.07. The van der Waals surface area contributed by atoms with Crippen molar-refractivity contribution < 1.29 is 0 Å². The van der Waals surface area contributed by atoms with Gasteiger partial charge >= 0.3 is 0 Å². The lowest BCUT2D eigenvalue weighted by Gasteiger charge is -1.95. The van der Waals surface area contributed by atoms with Crippen LogP contribution < -0.4 is 0 Å². The molecule has 0 aliphatic heterocycles. The van der Waals surface area contributed by atoms with Gasteiger partial charge in [-0.1, -0.05) is 6.07 Å². The van der Waals surface area contributed by atoms with E-state index in [9.17, 15) is 0 Å². The standard InChI is InChI=1S/C7H7IS/c1-5-2-3-6(8)7(9)4-5/h2-4,9H,1H3. The average molecular weight is 250 g/mol. The second-order valence-electron chi connectivity index (χ2n) is 1.95. The van der Waals surface area contributed by atoms with Crippen LogP contribution in [-0.4, -0.2) is 0 Å². The molecule has 0 aliphatic rings. The first-order valence-electron chi connectivity index (χ1n) is 2.65. The van der Waals surface area contributed by atoms with Crippen molar-refractivity contribution in [3.05, 3.63) is 27.3 Å². The molecule has 48 valence electrons. The second kappa shape index (κ2) is 2.92. The number of rotatable bonds is 0. The van der Waals surface area contributed by atoms with Gasteiger partial charge in [0.2, 0.25) is 0 Å². The van der Waals surface area contributed by atoms with Gasteiger partial charge in [-0.3, -0.25) is 0 Å². The number of halogens is 1. The highest BCUT2D eigenvalue weighted by atomic mass is 127. The molecule has 0 bridgehead atoms. The van der Waals surface area contributed by atoms with Crippen LogP contribution in [0.15, 0.2) is 23.1 Å². The van der Waals surface area contributed by atoms with Crippen LogP contribution in [0.3, 0.4) is 0 Å². The van der Waals surface area contributed by atoms with Crippen LogP contribution in [0.25, 0.3) is 0 Å². The van der Waals surface area contributed by atoms with E-state index in [0.717, 1.165) is 4.90 Å². The summed E-state index contributed by atoms with van der Waals surface area (Å²) in [4.78, 5) is 1.07. The Morgan fingerprint density at radius 1 is 1.44 bits per heavy atom. The maximum atomic E-state index is 4.26. The summed E-state index contributed by atoms with van der Waals surface area (Å²) >= 11 is 6.52. The Bertz CT molecular complexity index is 220. The first-order chi connectivity index (χ1) is 4.20. The molecule has 0 N–H and O–H groups in total. The molecule has 0 amide bonds. The van der Waals surface area contributed by atoms with Crippen molar-refractivity contribution in [1.82, 2.24) is 0 Å². The van der Waals surface area contributed by atoms with E-state index in [1.807, 2.05) is 0 Å². The summed E-state index contributed by atoms with van der Waals surface area (Å²) in [5.74, 6) is 0. The van der Waals surface area contributed by atoms with E-state index >= 15 is 0 Å². The van der Waals surface area contributed by atoms with E-state index in [2.05, 4.69) is 60.3 Å². The fraction of sp³-hybridized carbons (Fsp3) is 0.143. The van der Waals surface area contributed by atoms with Gasteiger partial charge in [0, 0.05) is 8.47 Å². The molecular weight excluding hydrogens is 243 g/mol. The van der Waals surface area contributed by atoms with Crippen molar-refractivity contribution in [3.8, 4) is 0 Å². The third kappa shape index (κ3) is 1.86. The summed E-state index contributed by atoms with van der Waals surface area (Å²) in [5, 5.41) is 0. The van der Waals surface area contributed by atoms with Crippen LogP contribution in [0.1, 0.15) is 5.56 Å². The summed E-state index contributed by atoms with van der Waals surface area (Å²) in [6.45, 7) is 2.07. The highest BCUT2D eigenvalue weighted by molar-refractivity contribution is 14.1. The van der Waals surface area contributed by atoms with E-state index in [0.29, 0.717) is 0 Å². The molecule has 0 fully saturated rings. The summed E-state index contributed by atoms with van der Waals surface area (Å²) in [7, 11) is 0. The zero-order valence-corrected chi connectivity index (χ0v) is 8.11. The molecule has 0 spiro atoms. The predicted octanol–water partition coefficient (Wildman–Crippen LogP) is 2.89. The van der Waals surface area contributed by atoms with Crippen LogP contribution in [0.4, 0.5) is 0 Å². The number of benzene rings is 1. The fourth-order valence-corrected chi connectivity index (χ4v) is 1.24. The van der Waals surface area contributed by atoms with Gasteiger partial charge in [0.25, 0.3) is 0 Å². The number of hydrogen-bond donors (Lipinski definition) is 1. The van der Waals surface area contributed by atoms with Gasteiger partial charge in [-0.2, -0.15) is 0 Å². The van der Waals surface area contributed by atoms with Crippen LogP contribution in [-0.2, 0) is 0 Å². The third-order valence-electron chi connectivity index (χ3n) is 1.10. The van der Waals surface area contributed by atoms with Crippen LogP contribution in [0.2, 0.25) is 0 Å². The molecule has 0 aromatic heterocycles. The lowest BCUT2D eigenvalue weighted by Crippen LogP contribution is -1.75. The quantitative estimate of drug-likeness (QED) is 0.531. The highest BCUT2D eigenvalue weighted by Crippen LogP contribution is 2.16. The molecule has 0 heterocycles. The maximum Gasteiger partial charge on any atom is 0.0263 e. The van der Waals surface area contributed by atoms with E-state index in [1.165, 1.54) is 9.13 Å². The van der Waals surface area contributed by atoms with Gasteiger partial charge in [0.1, 0.15) is 0 Å². The highest BCUT2D eigenvalue weighted by Gasteiger charge is 1.91. The first-order valence-corrected chi connectivity index (χ1v) is 4.18. The zero-order chi connectivity index (χ0) is 6.85. The lowest BCUT2D eigenvalue weighted by molar-refractivity contribution is 1.33. The van der Waals surface area contributed by atoms with E-state index < -0.39 is 0 Å². The molecule has 2 heteroatoms. The Morgan fingerprint density at radius 3 is 2.56 bits per heavy atom. The van der Waals surface area contributed by atoms with Gasteiger partial charge in [-0.15, -0.1) is 12.6 Å². The number of hydrogen-bond acceptors (Lipinski definition) is 1. The zero-order valence-electron chi connectivity index (χ0n) is 5.06.